The van der Waals surface area contributed by atoms with Crippen molar-refractivity contribution in [2.75, 3.05) is 50.8 Å². The molecule has 1 atom stereocenters. The number of pyridine rings is 1. The van der Waals surface area contributed by atoms with Gasteiger partial charge in [0, 0.05) is 69.3 Å². The molecule has 0 unspecified atom stereocenters. The van der Waals surface area contributed by atoms with Crippen molar-refractivity contribution in [3.63, 3.8) is 0 Å². The molecule has 0 N–H and O–H groups in total. The van der Waals surface area contributed by atoms with Gasteiger partial charge in [-0.1, -0.05) is 0 Å². The molecule has 2 aliphatic heterocycles. The highest BCUT2D eigenvalue weighted by molar-refractivity contribution is 5.78. The monoisotopic (exact) mass is 447 g/mol. The Labute approximate surface area is 194 Å². The van der Waals surface area contributed by atoms with Gasteiger partial charge in [0.2, 0.25) is 0 Å². The van der Waals surface area contributed by atoms with E-state index in [9.17, 15) is 10.1 Å². The molecule has 1 amide bonds. The van der Waals surface area contributed by atoms with Crippen LogP contribution in [0.4, 0.5) is 10.6 Å². The van der Waals surface area contributed by atoms with Crippen molar-refractivity contribution in [3.05, 3.63) is 36.4 Å². The lowest BCUT2D eigenvalue weighted by Gasteiger charge is -2.48. The van der Waals surface area contributed by atoms with Crippen LogP contribution >= 0.6 is 0 Å². The molecular weight excluding hydrogens is 418 g/mol. The molecule has 1 saturated carbocycles. The third kappa shape index (κ3) is 4.11. The van der Waals surface area contributed by atoms with Crippen molar-refractivity contribution in [2.45, 2.75) is 32.2 Å². The van der Waals surface area contributed by atoms with Crippen molar-refractivity contribution >= 4 is 11.9 Å². The molecule has 1 aliphatic carbocycles. The second kappa shape index (κ2) is 8.94. The van der Waals surface area contributed by atoms with E-state index >= 15 is 0 Å². The minimum Gasteiger partial charge on any atom is -0.450 e. The highest BCUT2D eigenvalue weighted by Gasteiger charge is 2.51. The fourth-order valence-corrected chi connectivity index (χ4v) is 5.65. The van der Waals surface area contributed by atoms with E-state index in [1.807, 2.05) is 11.8 Å². The van der Waals surface area contributed by atoms with Crippen molar-refractivity contribution in [3.8, 4) is 17.3 Å². The first-order chi connectivity index (χ1) is 16.1. The predicted octanol–water partition coefficient (Wildman–Crippen LogP) is 2.54. The first-order valence-corrected chi connectivity index (χ1v) is 11.7. The summed E-state index contributed by atoms with van der Waals surface area (Å²) in [5, 5.41) is 9.66. The van der Waals surface area contributed by atoms with Gasteiger partial charge in [0.1, 0.15) is 11.9 Å². The van der Waals surface area contributed by atoms with Gasteiger partial charge in [0.25, 0.3) is 0 Å². The van der Waals surface area contributed by atoms with Crippen LogP contribution in [0.25, 0.3) is 11.3 Å². The molecule has 4 heterocycles. The Balaban J connectivity index is 1.23. The summed E-state index contributed by atoms with van der Waals surface area (Å²) < 4.78 is 5.14. The second-order valence-corrected chi connectivity index (χ2v) is 9.23. The fraction of sp³-hybridized carbons (Fsp3) is 0.542. The second-order valence-electron chi connectivity index (χ2n) is 9.23. The molecule has 172 valence electrons. The summed E-state index contributed by atoms with van der Waals surface area (Å²) in [7, 11) is 0. The number of hydrogen-bond acceptors (Lipinski definition) is 8. The normalized spacial score (nSPS) is 22.1. The van der Waals surface area contributed by atoms with Crippen LogP contribution in [0.1, 0.15) is 31.7 Å². The molecular formula is C24H29N7O2. The number of carbonyl (C=O) groups is 1. The highest BCUT2D eigenvalue weighted by Crippen LogP contribution is 2.47. The summed E-state index contributed by atoms with van der Waals surface area (Å²) >= 11 is 0. The van der Waals surface area contributed by atoms with Crippen LogP contribution in [0.3, 0.4) is 0 Å². The molecule has 3 aliphatic rings. The van der Waals surface area contributed by atoms with E-state index in [0.29, 0.717) is 23.9 Å². The third-order valence-electron chi connectivity index (χ3n) is 7.26. The van der Waals surface area contributed by atoms with Crippen LogP contribution in [-0.4, -0.2) is 82.8 Å². The van der Waals surface area contributed by atoms with Crippen LogP contribution in [-0.2, 0) is 4.74 Å². The average Bonchev–Trinajstić information content (AvgIpc) is 3.29. The van der Waals surface area contributed by atoms with E-state index in [1.165, 1.54) is 12.8 Å². The number of amides is 1. The Morgan fingerprint density at radius 2 is 2.03 bits per heavy atom. The number of rotatable bonds is 4. The highest BCUT2D eigenvalue weighted by atomic mass is 16.6. The van der Waals surface area contributed by atoms with E-state index in [2.05, 4.69) is 30.8 Å². The molecule has 9 heteroatoms. The van der Waals surface area contributed by atoms with E-state index in [4.69, 9.17) is 4.74 Å². The summed E-state index contributed by atoms with van der Waals surface area (Å²) in [6.07, 6.45) is 10.00. The van der Waals surface area contributed by atoms with Gasteiger partial charge in [0.05, 0.1) is 29.6 Å². The summed E-state index contributed by atoms with van der Waals surface area (Å²) in [4.78, 5) is 31.9. The van der Waals surface area contributed by atoms with Gasteiger partial charge in [-0.2, -0.15) is 5.26 Å². The van der Waals surface area contributed by atoms with Gasteiger partial charge in [0.15, 0.2) is 0 Å². The zero-order chi connectivity index (χ0) is 22.8. The molecule has 5 rings (SSSR count). The third-order valence-corrected chi connectivity index (χ3v) is 7.26. The van der Waals surface area contributed by atoms with Crippen molar-refractivity contribution in [1.82, 2.24) is 24.8 Å². The molecule has 2 aromatic rings. The largest absolute Gasteiger partial charge is 0.450 e. The van der Waals surface area contributed by atoms with Crippen LogP contribution in [0.2, 0.25) is 0 Å². The van der Waals surface area contributed by atoms with Crippen LogP contribution < -0.4 is 4.90 Å². The zero-order valence-electron chi connectivity index (χ0n) is 19.0. The van der Waals surface area contributed by atoms with E-state index in [1.54, 1.807) is 30.9 Å². The smallest absolute Gasteiger partial charge is 0.409 e. The zero-order valence-corrected chi connectivity index (χ0v) is 19.0. The molecule has 2 saturated heterocycles. The molecule has 2 aromatic heterocycles. The molecule has 33 heavy (non-hydrogen) atoms. The Morgan fingerprint density at radius 3 is 2.73 bits per heavy atom. The van der Waals surface area contributed by atoms with Crippen molar-refractivity contribution < 1.29 is 9.53 Å². The average molecular weight is 448 g/mol. The topological polar surface area (TPSA) is 98.5 Å². The standard InChI is InChI=1S/C24H29N7O2/c1-2-33-23(32)31-16-24(17-31)5-3-19(13-24)29-9-11-30(12-10-29)22-21(18(14-25)4-6-28-22)20-15-26-7-8-27-20/h4,6-8,15,19H,2-3,5,9-13,16-17H2,1H3/t19-/m1/s1. The Bertz CT molecular complexity index is 1040. The number of likely N-dealkylation sites (tertiary alicyclic amines) is 1. The number of ether oxygens (including phenoxy) is 1. The maximum atomic E-state index is 11.9. The minimum atomic E-state index is -0.175. The first-order valence-electron chi connectivity index (χ1n) is 11.7. The van der Waals surface area contributed by atoms with Crippen LogP contribution in [0, 0.1) is 16.7 Å². The number of hydrogen-bond donors (Lipinski definition) is 0. The molecule has 9 nitrogen and oxygen atoms in total. The van der Waals surface area contributed by atoms with E-state index < -0.39 is 0 Å². The summed E-state index contributed by atoms with van der Waals surface area (Å²) in [5.74, 6) is 0.807. The van der Waals surface area contributed by atoms with Crippen molar-refractivity contribution in [2.24, 2.45) is 5.41 Å². The molecule has 1 spiro atoms. The Hall–Kier alpha value is -3.25. The maximum absolute atomic E-state index is 11.9. The first kappa shape index (κ1) is 21.6. The number of nitrogens with zero attached hydrogens (tertiary/aromatic N) is 7. The Kier molecular flexibility index (Phi) is 5.85. The van der Waals surface area contributed by atoms with Gasteiger partial charge in [-0.3, -0.25) is 14.9 Å². The quantitative estimate of drug-likeness (QED) is 0.705. The number of aromatic nitrogens is 3. The van der Waals surface area contributed by atoms with E-state index in [-0.39, 0.29) is 11.5 Å². The van der Waals surface area contributed by atoms with E-state index in [0.717, 1.165) is 57.1 Å². The Morgan fingerprint density at radius 1 is 1.21 bits per heavy atom. The lowest BCUT2D eigenvalue weighted by molar-refractivity contribution is -0.00294. The number of nitriles is 1. The summed E-state index contributed by atoms with van der Waals surface area (Å²) in [6, 6.07) is 4.59. The number of carbonyl (C=O) groups excluding carboxylic acids is 1. The van der Waals surface area contributed by atoms with Gasteiger partial charge in [-0.25, -0.2) is 9.78 Å². The van der Waals surface area contributed by atoms with Gasteiger partial charge < -0.3 is 14.5 Å². The lowest BCUT2D eigenvalue weighted by Crippen LogP contribution is -2.58. The van der Waals surface area contributed by atoms with Crippen LogP contribution in [0.5, 0.6) is 0 Å². The fourth-order valence-electron chi connectivity index (χ4n) is 5.65. The molecule has 0 bridgehead atoms. The van der Waals surface area contributed by atoms with Crippen LogP contribution in [0.15, 0.2) is 30.9 Å². The lowest BCUT2D eigenvalue weighted by atomic mass is 9.78. The number of piperazine rings is 1. The summed E-state index contributed by atoms with van der Waals surface area (Å²) in [6.45, 7) is 7.56. The predicted molar refractivity (Wildman–Crippen MR) is 122 cm³/mol. The SMILES string of the molecule is CCOC(=O)N1CC2(CC[C@@H](N3CCN(c4nccc(C#N)c4-c4cnccn4)CC3)C2)C1. The molecule has 3 fully saturated rings. The van der Waals surface area contributed by atoms with Gasteiger partial charge >= 0.3 is 6.09 Å². The van der Waals surface area contributed by atoms with Gasteiger partial charge in [-0.15, -0.1) is 0 Å². The maximum Gasteiger partial charge on any atom is 0.409 e. The van der Waals surface area contributed by atoms with Crippen molar-refractivity contribution in [1.29, 1.82) is 5.26 Å². The van der Waals surface area contributed by atoms with Gasteiger partial charge in [-0.05, 0) is 32.3 Å². The minimum absolute atomic E-state index is 0.175. The number of anilines is 1. The molecule has 0 radical (unpaired) electrons. The summed E-state index contributed by atoms with van der Waals surface area (Å²) in [5.41, 5.74) is 2.27. The molecule has 0 aromatic carbocycles.